The minimum absolute atomic E-state index is 0.130. The molecular formula is C16H12F2N4O4S. The average Bonchev–Trinajstić information content (AvgIpc) is 2.98. The quantitative estimate of drug-likeness (QED) is 0.605. The Bertz CT molecular complexity index is 1110. The van der Waals surface area contributed by atoms with Crippen LogP contribution in [0.1, 0.15) is 10.5 Å². The van der Waals surface area contributed by atoms with Gasteiger partial charge in [0.15, 0.2) is 5.69 Å². The van der Waals surface area contributed by atoms with Crippen molar-refractivity contribution in [1.29, 1.82) is 0 Å². The van der Waals surface area contributed by atoms with E-state index in [-0.39, 0.29) is 16.5 Å². The number of benzene rings is 2. The van der Waals surface area contributed by atoms with Crippen LogP contribution in [0.2, 0.25) is 0 Å². The largest absolute Gasteiger partial charge is 0.419 e. The van der Waals surface area contributed by atoms with E-state index >= 15 is 0 Å². The number of oxazole rings is 1. The number of sulfonamides is 1. The zero-order valence-electron chi connectivity index (χ0n) is 13.4. The van der Waals surface area contributed by atoms with Gasteiger partial charge in [-0.1, -0.05) is 6.07 Å². The van der Waals surface area contributed by atoms with Gasteiger partial charge >= 0.3 is 0 Å². The van der Waals surface area contributed by atoms with Crippen LogP contribution in [0, 0.1) is 11.6 Å². The van der Waals surface area contributed by atoms with Gasteiger partial charge in [-0.15, -0.1) is 0 Å². The summed E-state index contributed by atoms with van der Waals surface area (Å²) in [6.07, 6.45) is 0. The minimum Gasteiger partial charge on any atom is -0.419 e. The van der Waals surface area contributed by atoms with E-state index in [4.69, 9.17) is 15.3 Å². The molecule has 0 aliphatic heterocycles. The van der Waals surface area contributed by atoms with Crippen molar-refractivity contribution in [3.8, 4) is 11.5 Å². The second-order valence-electron chi connectivity index (χ2n) is 5.35. The topological polar surface area (TPSA) is 141 Å². The normalized spacial score (nSPS) is 11.4. The fourth-order valence-corrected chi connectivity index (χ4v) is 2.76. The predicted molar refractivity (Wildman–Crippen MR) is 91.5 cm³/mol. The first-order valence-electron chi connectivity index (χ1n) is 7.31. The van der Waals surface area contributed by atoms with Gasteiger partial charge in [-0.05, 0) is 36.4 Å². The van der Waals surface area contributed by atoms with E-state index in [2.05, 4.69) is 10.3 Å². The van der Waals surface area contributed by atoms with Crippen LogP contribution in [0.15, 0.2) is 51.8 Å². The van der Waals surface area contributed by atoms with Crippen molar-refractivity contribution in [2.45, 2.75) is 4.90 Å². The molecule has 1 heterocycles. The first-order valence-corrected chi connectivity index (χ1v) is 8.86. The Labute approximate surface area is 151 Å². The number of carbonyl (C=O) groups excluding carboxylic acids is 1. The molecule has 5 N–H and O–H groups in total. The summed E-state index contributed by atoms with van der Waals surface area (Å²) >= 11 is 0. The molecule has 0 saturated heterocycles. The number of carbonyl (C=O) groups is 1. The van der Waals surface area contributed by atoms with Gasteiger partial charge in [0, 0.05) is 5.69 Å². The molecule has 3 aromatic rings. The molecule has 3 rings (SSSR count). The van der Waals surface area contributed by atoms with Crippen LogP contribution in [0.4, 0.5) is 20.4 Å². The minimum atomic E-state index is -3.88. The number of primary amides is 1. The summed E-state index contributed by atoms with van der Waals surface area (Å²) in [6, 6.07) is 8.30. The highest BCUT2D eigenvalue weighted by Gasteiger charge is 2.23. The third-order valence-electron chi connectivity index (χ3n) is 3.48. The number of nitrogens with two attached hydrogens (primary N) is 2. The number of aromatic nitrogens is 1. The van der Waals surface area contributed by atoms with E-state index < -0.39 is 39.0 Å². The lowest BCUT2D eigenvalue weighted by Crippen LogP contribution is -2.13. The fraction of sp³-hybridized carbons (Fsp3) is 0. The molecule has 1 aromatic heterocycles. The predicted octanol–water partition coefficient (Wildman–Crippen LogP) is 2.11. The monoisotopic (exact) mass is 394 g/mol. The van der Waals surface area contributed by atoms with Crippen molar-refractivity contribution in [3.63, 3.8) is 0 Å². The molecule has 0 bridgehead atoms. The summed E-state index contributed by atoms with van der Waals surface area (Å²) in [5.41, 5.74) is 4.58. The van der Waals surface area contributed by atoms with E-state index in [1.165, 1.54) is 24.3 Å². The van der Waals surface area contributed by atoms with E-state index in [0.29, 0.717) is 5.69 Å². The average molecular weight is 394 g/mol. The lowest BCUT2D eigenvalue weighted by Gasteiger charge is -2.05. The standard InChI is InChI=1S/C16H12F2N4O4S/c17-10-2-1-3-11(18)12(10)15-22-13(14(19)23)16(26-15)21-8-4-6-9(7-5-8)27(20,24)25/h1-7,21H,(H2,19,23)(H2,20,24,25). The van der Waals surface area contributed by atoms with Crippen molar-refractivity contribution in [2.75, 3.05) is 5.32 Å². The molecule has 0 unspecified atom stereocenters. The number of nitrogens with zero attached hydrogens (tertiary/aromatic N) is 1. The first kappa shape index (κ1) is 18.5. The van der Waals surface area contributed by atoms with Crippen molar-refractivity contribution in [1.82, 2.24) is 4.98 Å². The maximum atomic E-state index is 13.9. The Balaban J connectivity index is 2.01. The molecule has 0 aliphatic rings. The SMILES string of the molecule is NC(=O)c1nc(-c2c(F)cccc2F)oc1Nc1ccc(S(N)(=O)=O)cc1. The maximum absolute atomic E-state index is 13.9. The molecule has 0 spiro atoms. The van der Waals surface area contributed by atoms with Gasteiger partial charge < -0.3 is 15.5 Å². The zero-order chi connectivity index (χ0) is 19.8. The summed E-state index contributed by atoms with van der Waals surface area (Å²) in [7, 11) is -3.88. The van der Waals surface area contributed by atoms with Crippen LogP contribution >= 0.6 is 0 Å². The van der Waals surface area contributed by atoms with E-state index in [1.54, 1.807) is 0 Å². The number of amides is 1. The second-order valence-corrected chi connectivity index (χ2v) is 6.91. The first-order chi connectivity index (χ1) is 12.7. The van der Waals surface area contributed by atoms with Gasteiger partial charge in [-0.3, -0.25) is 4.79 Å². The Morgan fingerprint density at radius 2 is 1.67 bits per heavy atom. The van der Waals surface area contributed by atoms with Gasteiger partial charge in [0.25, 0.3) is 5.91 Å². The number of anilines is 2. The van der Waals surface area contributed by atoms with Gasteiger partial charge in [0.2, 0.25) is 21.8 Å². The molecule has 0 fully saturated rings. The molecule has 0 radical (unpaired) electrons. The van der Waals surface area contributed by atoms with Crippen LogP contribution in [-0.2, 0) is 10.0 Å². The number of hydrogen-bond acceptors (Lipinski definition) is 6. The number of halogens is 2. The molecule has 0 aliphatic carbocycles. The van der Waals surface area contributed by atoms with Crippen molar-refractivity contribution in [2.24, 2.45) is 10.9 Å². The van der Waals surface area contributed by atoms with Crippen LogP contribution in [-0.4, -0.2) is 19.3 Å². The second kappa shape index (κ2) is 6.78. The zero-order valence-corrected chi connectivity index (χ0v) is 14.3. The van der Waals surface area contributed by atoms with E-state index in [0.717, 1.165) is 18.2 Å². The van der Waals surface area contributed by atoms with Crippen molar-refractivity contribution >= 4 is 27.5 Å². The molecule has 0 saturated carbocycles. The van der Waals surface area contributed by atoms with E-state index in [1.807, 2.05) is 0 Å². The highest BCUT2D eigenvalue weighted by molar-refractivity contribution is 7.89. The Morgan fingerprint density at radius 1 is 1.07 bits per heavy atom. The fourth-order valence-electron chi connectivity index (χ4n) is 2.24. The molecule has 1 amide bonds. The summed E-state index contributed by atoms with van der Waals surface area (Å²) in [5, 5.41) is 7.66. The lowest BCUT2D eigenvalue weighted by molar-refractivity contribution is 0.0996. The van der Waals surface area contributed by atoms with Crippen LogP contribution < -0.4 is 16.2 Å². The summed E-state index contributed by atoms with van der Waals surface area (Å²) in [4.78, 5) is 15.2. The molecule has 8 nitrogen and oxygen atoms in total. The van der Waals surface area contributed by atoms with E-state index in [9.17, 15) is 22.0 Å². The molecule has 11 heteroatoms. The molecular weight excluding hydrogens is 382 g/mol. The Hall–Kier alpha value is -3.31. The highest BCUT2D eigenvalue weighted by atomic mass is 32.2. The van der Waals surface area contributed by atoms with Crippen molar-refractivity contribution < 1.29 is 26.4 Å². The van der Waals surface area contributed by atoms with Gasteiger partial charge in [-0.25, -0.2) is 27.3 Å². The maximum Gasteiger partial charge on any atom is 0.273 e. The molecule has 140 valence electrons. The smallest absolute Gasteiger partial charge is 0.273 e. The third-order valence-corrected chi connectivity index (χ3v) is 4.41. The Morgan fingerprint density at radius 3 is 2.19 bits per heavy atom. The molecule has 0 atom stereocenters. The lowest BCUT2D eigenvalue weighted by atomic mass is 10.2. The molecule has 27 heavy (non-hydrogen) atoms. The van der Waals surface area contributed by atoms with Gasteiger partial charge in [0.05, 0.1) is 4.90 Å². The van der Waals surface area contributed by atoms with Crippen LogP contribution in [0.5, 0.6) is 0 Å². The van der Waals surface area contributed by atoms with Gasteiger partial charge in [-0.2, -0.15) is 0 Å². The molecule has 2 aromatic carbocycles. The van der Waals surface area contributed by atoms with Crippen LogP contribution in [0.3, 0.4) is 0 Å². The number of rotatable bonds is 5. The summed E-state index contributed by atoms with van der Waals surface area (Å²) in [6.45, 7) is 0. The number of hydrogen-bond donors (Lipinski definition) is 3. The third kappa shape index (κ3) is 3.78. The Kier molecular flexibility index (Phi) is 4.64. The highest BCUT2D eigenvalue weighted by Crippen LogP contribution is 2.31. The summed E-state index contributed by atoms with van der Waals surface area (Å²) in [5.74, 6) is -3.61. The summed E-state index contributed by atoms with van der Waals surface area (Å²) < 4.78 is 55.6. The van der Waals surface area contributed by atoms with Crippen molar-refractivity contribution in [3.05, 3.63) is 59.8 Å². The number of primary sulfonamides is 1. The van der Waals surface area contributed by atoms with Gasteiger partial charge in [0.1, 0.15) is 17.2 Å². The number of nitrogens with one attached hydrogen (secondary N) is 1. The van der Waals surface area contributed by atoms with Crippen LogP contribution in [0.25, 0.3) is 11.5 Å².